The SMILES string of the molecule is O=C(Cc1ccc(S(=O)(=O)N2CCCCC2)s1)NCc1cccc(C(=O)N2CCCCC2)c1. The summed E-state index contributed by atoms with van der Waals surface area (Å²) in [5.41, 5.74) is 1.51. The molecule has 2 amide bonds. The van der Waals surface area contributed by atoms with Crippen molar-refractivity contribution in [2.45, 2.75) is 55.7 Å². The zero-order valence-electron chi connectivity index (χ0n) is 18.8. The van der Waals surface area contributed by atoms with Crippen LogP contribution in [-0.4, -0.2) is 55.6 Å². The molecule has 9 heteroatoms. The molecule has 2 aliphatic rings. The minimum atomic E-state index is -3.47. The molecule has 0 radical (unpaired) electrons. The molecule has 0 atom stereocenters. The first-order valence-corrected chi connectivity index (χ1v) is 13.9. The zero-order chi connectivity index (χ0) is 23.3. The number of nitrogens with zero attached hydrogens (tertiary/aromatic N) is 2. The number of hydrogen-bond acceptors (Lipinski definition) is 5. The Bertz CT molecular complexity index is 1080. The van der Waals surface area contributed by atoms with Gasteiger partial charge in [0.05, 0.1) is 6.42 Å². The van der Waals surface area contributed by atoms with E-state index >= 15 is 0 Å². The normalized spacial score (nSPS) is 17.6. The lowest BCUT2D eigenvalue weighted by Gasteiger charge is -2.26. The predicted octanol–water partition coefficient (Wildman–Crippen LogP) is 3.41. The van der Waals surface area contributed by atoms with E-state index < -0.39 is 10.0 Å². The van der Waals surface area contributed by atoms with Crippen molar-refractivity contribution in [3.63, 3.8) is 0 Å². The number of piperidine rings is 2. The Labute approximate surface area is 199 Å². The molecule has 1 N–H and O–H groups in total. The highest BCUT2D eigenvalue weighted by Crippen LogP contribution is 2.27. The van der Waals surface area contributed by atoms with Crippen LogP contribution in [0.4, 0.5) is 0 Å². The van der Waals surface area contributed by atoms with Crippen molar-refractivity contribution in [3.05, 3.63) is 52.4 Å². The molecule has 2 aliphatic heterocycles. The molecule has 0 unspecified atom stereocenters. The summed E-state index contributed by atoms with van der Waals surface area (Å²) in [6, 6.07) is 10.7. The van der Waals surface area contributed by atoms with Gasteiger partial charge in [-0.15, -0.1) is 11.3 Å². The molecule has 7 nitrogen and oxygen atoms in total. The van der Waals surface area contributed by atoms with Crippen molar-refractivity contribution < 1.29 is 18.0 Å². The van der Waals surface area contributed by atoms with E-state index in [0.29, 0.717) is 29.4 Å². The number of thiophene rings is 1. The topological polar surface area (TPSA) is 86.8 Å². The van der Waals surface area contributed by atoms with Gasteiger partial charge in [0.25, 0.3) is 15.9 Å². The number of likely N-dealkylation sites (tertiary alicyclic amines) is 1. The molecular formula is C24H31N3O4S2. The fourth-order valence-corrected chi connectivity index (χ4v) is 7.37. The molecule has 33 heavy (non-hydrogen) atoms. The monoisotopic (exact) mass is 489 g/mol. The Balaban J connectivity index is 1.31. The van der Waals surface area contributed by atoms with Crippen molar-refractivity contribution >= 4 is 33.2 Å². The highest BCUT2D eigenvalue weighted by Gasteiger charge is 2.27. The average molecular weight is 490 g/mol. The quantitative estimate of drug-likeness (QED) is 0.646. The first kappa shape index (κ1) is 23.9. The standard InChI is InChI=1S/C24H31N3O4S2/c28-22(17-21-10-11-23(32-21)33(30,31)27-14-5-2-6-15-27)25-18-19-8-7-9-20(16-19)24(29)26-12-3-1-4-13-26/h7-11,16H,1-6,12-15,17-18H2,(H,25,28). The van der Waals surface area contributed by atoms with Gasteiger partial charge in [-0.1, -0.05) is 18.6 Å². The van der Waals surface area contributed by atoms with Crippen molar-refractivity contribution in [2.75, 3.05) is 26.2 Å². The van der Waals surface area contributed by atoms with E-state index in [0.717, 1.165) is 67.0 Å². The number of sulfonamides is 1. The van der Waals surface area contributed by atoms with Gasteiger partial charge in [0.15, 0.2) is 0 Å². The van der Waals surface area contributed by atoms with Crippen LogP contribution in [-0.2, 0) is 27.8 Å². The number of amides is 2. The minimum absolute atomic E-state index is 0.0453. The highest BCUT2D eigenvalue weighted by atomic mass is 32.2. The van der Waals surface area contributed by atoms with Gasteiger partial charge in [-0.3, -0.25) is 9.59 Å². The Morgan fingerprint density at radius 1 is 0.909 bits per heavy atom. The fraction of sp³-hybridized carbons (Fsp3) is 0.500. The van der Waals surface area contributed by atoms with E-state index in [9.17, 15) is 18.0 Å². The van der Waals surface area contributed by atoms with Crippen LogP contribution in [0.3, 0.4) is 0 Å². The molecule has 4 rings (SSSR count). The maximum atomic E-state index is 12.8. The summed E-state index contributed by atoms with van der Waals surface area (Å²) < 4.78 is 27.5. The van der Waals surface area contributed by atoms with Crippen LogP contribution in [0.5, 0.6) is 0 Å². The van der Waals surface area contributed by atoms with Crippen LogP contribution in [0, 0.1) is 0 Å². The number of hydrogen-bond donors (Lipinski definition) is 1. The number of benzene rings is 1. The molecule has 178 valence electrons. The van der Waals surface area contributed by atoms with Crippen molar-refractivity contribution in [2.24, 2.45) is 0 Å². The summed E-state index contributed by atoms with van der Waals surface area (Å²) in [5, 5.41) is 2.89. The number of carbonyl (C=O) groups is 2. The van der Waals surface area contributed by atoms with E-state index in [1.807, 2.05) is 29.2 Å². The van der Waals surface area contributed by atoms with Crippen LogP contribution >= 0.6 is 11.3 Å². The summed E-state index contributed by atoms with van der Waals surface area (Å²) in [7, 11) is -3.47. The first-order chi connectivity index (χ1) is 15.9. The lowest BCUT2D eigenvalue weighted by Crippen LogP contribution is -2.35. The van der Waals surface area contributed by atoms with Gasteiger partial charge in [-0.2, -0.15) is 4.31 Å². The Hall–Kier alpha value is -2.23. The summed E-state index contributed by atoms with van der Waals surface area (Å²) in [5.74, 6) is -0.129. The second kappa shape index (κ2) is 10.8. The minimum Gasteiger partial charge on any atom is -0.352 e. The van der Waals surface area contributed by atoms with Crippen molar-refractivity contribution in [1.29, 1.82) is 0 Å². The van der Waals surface area contributed by atoms with Crippen molar-refractivity contribution in [1.82, 2.24) is 14.5 Å². The summed E-state index contributed by atoms with van der Waals surface area (Å²) >= 11 is 1.16. The maximum absolute atomic E-state index is 12.8. The lowest BCUT2D eigenvalue weighted by atomic mass is 10.1. The highest BCUT2D eigenvalue weighted by molar-refractivity contribution is 7.91. The predicted molar refractivity (Wildman–Crippen MR) is 129 cm³/mol. The van der Waals surface area contributed by atoms with Crippen LogP contribution in [0.25, 0.3) is 0 Å². The van der Waals surface area contributed by atoms with E-state index in [1.54, 1.807) is 16.4 Å². The van der Waals surface area contributed by atoms with Crippen LogP contribution in [0.2, 0.25) is 0 Å². The van der Waals surface area contributed by atoms with Crippen LogP contribution in [0.15, 0.2) is 40.6 Å². The summed E-state index contributed by atoms with van der Waals surface area (Å²) in [6.07, 6.45) is 6.25. The van der Waals surface area contributed by atoms with Crippen LogP contribution in [0.1, 0.15) is 59.3 Å². The van der Waals surface area contributed by atoms with E-state index in [-0.39, 0.29) is 18.2 Å². The Morgan fingerprint density at radius 3 is 2.33 bits per heavy atom. The molecule has 2 fully saturated rings. The molecule has 0 spiro atoms. The van der Waals surface area contributed by atoms with Gasteiger partial charge in [0.2, 0.25) is 5.91 Å². The first-order valence-electron chi connectivity index (χ1n) is 11.7. The number of carbonyl (C=O) groups excluding carboxylic acids is 2. The largest absolute Gasteiger partial charge is 0.352 e. The summed E-state index contributed by atoms with van der Waals surface area (Å²) in [6.45, 7) is 3.06. The van der Waals surface area contributed by atoms with E-state index in [4.69, 9.17) is 0 Å². The average Bonchev–Trinajstić information content (AvgIpc) is 3.33. The lowest BCUT2D eigenvalue weighted by molar-refractivity contribution is -0.120. The van der Waals surface area contributed by atoms with Gasteiger partial charge in [0, 0.05) is 43.2 Å². The zero-order valence-corrected chi connectivity index (χ0v) is 20.4. The molecule has 0 bridgehead atoms. The third-order valence-corrected chi connectivity index (χ3v) is 9.64. The molecule has 1 aromatic carbocycles. The molecule has 0 saturated carbocycles. The second-order valence-corrected chi connectivity index (χ2v) is 12.0. The Morgan fingerprint density at radius 2 is 1.61 bits per heavy atom. The smallest absolute Gasteiger partial charge is 0.253 e. The number of rotatable bonds is 7. The number of nitrogens with one attached hydrogen (secondary N) is 1. The summed E-state index contributed by atoms with van der Waals surface area (Å²) in [4.78, 5) is 27.8. The van der Waals surface area contributed by atoms with Gasteiger partial charge < -0.3 is 10.2 Å². The fourth-order valence-electron chi connectivity index (χ4n) is 4.34. The van der Waals surface area contributed by atoms with E-state index in [2.05, 4.69) is 5.32 Å². The molecule has 2 aromatic rings. The van der Waals surface area contributed by atoms with Gasteiger partial charge in [-0.05, 0) is 61.9 Å². The van der Waals surface area contributed by atoms with E-state index in [1.165, 1.54) is 6.42 Å². The van der Waals surface area contributed by atoms with Crippen LogP contribution < -0.4 is 5.32 Å². The molecule has 1 aromatic heterocycles. The van der Waals surface area contributed by atoms with Crippen molar-refractivity contribution in [3.8, 4) is 0 Å². The molecule has 3 heterocycles. The molecule has 2 saturated heterocycles. The maximum Gasteiger partial charge on any atom is 0.253 e. The van der Waals surface area contributed by atoms with Gasteiger partial charge >= 0.3 is 0 Å². The second-order valence-electron chi connectivity index (χ2n) is 8.69. The van der Waals surface area contributed by atoms with Gasteiger partial charge in [-0.25, -0.2) is 8.42 Å². The third-order valence-electron chi connectivity index (χ3n) is 6.19. The molecular weight excluding hydrogens is 458 g/mol. The Kier molecular flexibility index (Phi) is 7.82. The van der Waals surface area contributed by atoms with Gasteiger partial charge in [0.1, 0.15) is 4.21 Å². The molecule has 0 aliphatic carbocycles. The third kappa shape index (κ3) is 6.02.